The van der Waals surface area contributed by atoms with Crippen LogP contribution in [0.3, 0.4) is 0 Å². The number of thiazole rings is 1. The van der Waals surface area contributed by atoms with E-state index in [0.29, 0.717) is 5.56 Å². The van der Waals surface area contributed by atoms with Crippen LogP contribution in [0.2, 0.25) is 0 Å². The van der Waals surface area contributed by atoms with E-state index in [0.717, 1.165) is 21.8 Å². The number of aryl methyl sites for hydroxylation is 1. The maximum absolute atomic E-state index is 13.3. The molecule has 0 amide bonds. The van der Waals surface area contributed by atoms with Crippen LogP contribution in [-0.2, 0) is 0 Å². The van der Waals surface area contributed by atoms with Crippen molar-refractivity contribution in [3.05, 3.63) is 65.3 Å². The Bertz CT molecular complexity index is 704. The fraction of sp³-hybridized carbons (Fsp3) is 0.0625. The highest BCUT2D eigenvalue weighted by Crippen LogP contribution is 2.29. The topological polar surface area (TPSA) is 12.9 Å². The highest BCUT2D eigenvalue weighted by molar-refractivity contribution is 7.13. The van der Waals surface area contributed by atoms with Crippen LogP contribution >= 0.6 is 11.3 Å². The first-order chi connectivity index (χ1) is 9.24. The fourth-order valence-corrected chi connectivity index (χ4v) is 2.75. The molecular formula is C16H12FNS. The second-order valence-electron chi connectivity index (χ2n) is 4.37. The second kappa shape index (κ2) is 4.94. The van der Waals surface area contributed by atoms with Gasteiger partial charge in [-0.05, 0) is 30.7 Å². The fourth-order valence-electron chi connectivity index (χ4n) is 1.93. The van der Waals surface area contributed by atoms with E-state index in [9.17, 15) is 4.39 Å². The minimum atomic E-state index is -0.177. The highest BCUT2D eigenvalue weighted by atomic mass is 32.1. The molecule has 3 aromatic rings. The minimum Gasteiger partial charge on any atom is -0.236 e. The van der Waals surface area contributed by atoms with E-state index in [1.54, 1.807) is 24.3 Å². The van der Waals surface area contributed by atoms with Crippen molar-refractivity contribution in [2.75, 3.05) is 0 Å². The third-order valence-corrected chi connectivity index (χ3v) is 3.87. The molecule has 0 saturated heterocycles. The predicted molar refractivity (Wildman–Crippen MR) is 77.7 cm³/mol. The number of rotatable bonds is 2. The van der Waals surface area contributed by atoms with Crippen LogP contribution in [-0.4, -0.2) is 4.98 Å². The van der Waals surface area contributed by atoms with Crippen LogP contribution in [0.4, 0.5) is 4.39 Å². The molecule has 2 aromatic carbocycles. The minimum absolute atomic E-state index is 0.177. The van der Waals surface area contributed by atoms with Crippen molar-refractivity contribution in [2.24, 2.45) is 0 Å². The molecule has 3 rings (SSSR count). The Labute approximate surface area is 115 Å². The molecule has 0 N–H and O–H groups in total. The Morgan fingerprint density at radius 1 is 1.00 bits per heavy atom. The zero-order valence-electron chi connectivity index (χ0n) is 10.4. The molecule has 0 saturated carbocycles. The van der Waals surface area contributed by atoms with E-state index in [4.69, 9.17) is 0 Å². The lowest BCUT2D eigenvalue weighted by Gasteiger charge is -2.00. The van der Waals surface area contributed by atoms with Crippen molar-refractivity contribution in [1.29, 1.82) is 0 Å². The number of benzene rings is 2. The maximum Gasteiger partial charge on any atom is 0.126 e. The third kappa shape index (κ3) is 2.42. The smallest absolute Gasteiger partial charge is 0.126 e. The van der Waals surface area contributed by atoms with Gasteiger partial charge in [-0.25, -0.2) is 9.37 Å². The first-order valence-electron chi connectivity index (χ1n) is 6.01. The lowest BCUT2D eigenvalue weighted by atomic mass is 10.1. The van der Waals surface area contributed by atoms with Crippen LogP contribution in [0.25, 0.3) is 21.8 Å². The Balaban J connectivity index is 1.99. The Morgan fingerprint density at radius 3 is 2.53 bits per heavy atom. The van der Waals surface area contributed by atoms with Gasteiger partial charge < -0.3 is 0 Å². The quantitative estimate of drug-likeness (QED) is 0.643. The summed E-state index contributed by atoms with van der Waals surface area (Å²) in [6.45, 7) is 1.77. The molecule has 0 unspecified atom stereocenters. The molecule has 0 aliphatic carbocycles. The van der Waals surface area contributed by atoms with E-state index in [1.165, 1.54) is 6.07 Å². The normalized spacial score (nSPS) is 10.6. The Kier molecular flexibility index (Phi) is 3.13. The van der Waals surface area contributed by atoms with Crippen LogP contribution in [0.15, 0.2) is 53.9 Å². The average molecular weight is 269 g/mol. The van der Waals surface area contributed by atoms with Gasteiger partial charge in [0.25, 0.3) is 0 Å². The SMILES string of the molecule is Cc1cc(-c2nc(-c3ccccc3)cs2)ccc1F. The molecular weight excluding hydrogens is 257 g/mol. The Hall–Kier alpha value is -2.00. The summed E-state index contributed by atoms with van der Waals surface area (Å²) >= 11 is 1.58. The van der Waals surface area contributed by atoms with Crippen molar-refractivity contribution in [2.45, 2.75) is 6.92 Å². The zero-order valence-corrected chi connectivity index (χ0v) is 11.2. The molecule has 0 bridgehead atoms. The van der Waals surface area contributed by atoms with E-state index < -0.39 is 0 Å². The molecule has 94 valence electrons. The molecule has 0 spiro atoms. The number of hydrogen-bond donors (Lipinski definition) is 0. The van der Waals surface area contributed by atoms with E-state index in [-0.39, 0.29) is 5.82 Å². The molecule has 0 aliphatic heterocycles. The van der Waals surface area contributed by atoms with Gasteiger partial charge in [-0.15, -0.1) is 11.3 Å². The average Bonchev–Trinajstić information content (AvgIpc) is 2.93. The van der Waals surface area contributed by atoms with Gasteiger partial charge in [-0.2, -0.15) is 0 Å². The maximum atomic E-state index is 13.3. The standard InChI is InChI=1S/C16H12FNS/c1-11-9-13(7-8-14(11)17)16-18-15(10-19-16)12-5-3-2-4-6-12/h2-10H,1H3. The summed E-state index contributed by atoms with van der Waals surface area (Å²) in [4.78, 5) is 4.62. The first kappa shape index (κ1) is 12.1. The monoisotopic (exact) mass is 269 g/mol. The molecule has 3 heteroatoms. The molecule has 0 radical (unpaired) electrons. The second-order valence-corrected chi connectivity index (χ2v) is 5.23. The van der Waals surface area contributed by atoms with Crippen LogP contribution < -0.4 is 0 Å². The number of halogens is 1. The van der Waals surface area contributed by atoms with E-state index in [2.05, 4.69) is 4.98 Å². The molecule has 0 aliphatic rings. The van der Waals surface area contributed by atoms with Crippen molar-refractivity contribution in [3.8, 4) is 21.8 Å². The molecule has 1 nitrogen and oxygen atoms in total. The van der Waals surface area contributed by atoms with Crippen LogP contribution in [0, 0.1) is 12.7 Å². The highest BCUT2D eigenvalue weighted by Gasteiger charge is 2.07. The summed E-state index contributed by atoms with van der Waals surface area (Å²) in [5.74, 6) is -0.177. The third-order valence-electron chi connectivity index (χ3n) is 2.98. The van der Waals surface area contributed by atoms with Gasteiger partial charge in [0.1, 0.15) is 10.8 Å². The Morgan fingerprint density at radius 2 is 1.79 bits per heavy atom. The van der Waals surface area contributed by atoms with Gasteiger partial charge >= 0.3 is 0 Å². The van der Waals surface area contributed by atoms with Gasteiger partial charge in [0.2, 0.25) is 0 Å². The molecule has 1 aromatic heterocycles. The summed E-state index contributed by atoms with van der Waals surface area (Å²) in [7, 11) is 0. The number of aromatic nitrogens is 1. The molecule has 1 heterocycles. The first-order valence-corrected chi connectivity index (χ1v) is 6.89. The lowest BCUT2D eigenvalue weighted by Crippen LogP contribution is -1.84. The summed E-state index contributed by atoms with van der Waals surface area (Å²) in [6, 6.07) is 15.2. The summed E-state index contributed by atoms with van der Waals surface area (Å²) in [5.41, 5.74) is 3.67. The molecule has 0 atom stereocenters. The summed E-state index contributed by atoms with van der Waals surface area (Å²) < 4.78 is 13.3. The van der Waals surface area contributed by atoms with Crippen molar-refractivity contribution < 1.29 is 4.39 Å². The van der Waals surface area contributed by atoms with Gasteiger partial charge in [0.05, 0.1) is 5.69 Å². The molecule has 19 heavy (non-hydrogen) atoms. The molecule has 0 fully saturated rings. The van der Waals surface area contributed by atoms with E-state index >= 15 is 0 Å². The van der Waals surface area contributed by atoms with Gasteiger partial charge in [0.15, 0.2) is 0 Å². The van der Waals surface area contributed by atoms with Crippen molar-refractivity contribution in [1.82, 2.24) is 4.98 Å². The van der Waals surface area contributed by atoms with Crippen molar-refractivity contribution >= 4 is 11.3 Å². The van der Waals surface area contributed by atoms with Gasteiger partial charge in [-0.1, -0.05) is 30.3 Å². The number of hydrogen-bond acceptors (Lipinski definition) is 2. The van der Waals surface area contributed by atoms with E-state index in [1.807, 2.05) is 41.8 Å². The van der Waals surface area contributed by atoms with Crippen LogP contribution in [0.5, 0.6) is 0 Å². The summed E-state index contributed by atoms with van der Waals surface area (Å²) in [6.07, 6.45) is 0. The van der Waals surface area contributed by atoms with Gasteiger partial charge in [0, 0.05) is 16.5 Å². The van der Waals surface area contributed by atoms with Gasteiger partial charge in [-0.3, -0.25) is 0 Å². The number of nitrogens with zero attached hydrogens (tertiary/aromatic N) is 1. The predicted octanol–water partition coefficient (Wildman–Crippen LogP) is 4.92. The lowest BCUT2D eigenvalue weighted by molar-refractivity contribution is 0.619. The van der Waals surface area contributed by atoms with Crippen LogP contribution in [0.1, 0.15) is 5.56 Å². The largest absolute Gasteiger partial charge is 0.236 e. The van der Waals surface area contributed by atoms with Crippen molar-refractivity contribution in [3.63, 3.8) is 0 Å². The zero-order chi connectivity index (χ0) is 13.2. The summed E-state index contributed by atoms with van der Waals surface area (Å²) in [5, 5.41) is 2.95.